The zero-order chi connectivity index (χ0) is 15.8. The summed E-state index contributed by atoms with van der Waals surface area (Å²) < 4.78 is 5.48. The van der Waals surface area contributed by atoms with Gasteiger partial charge < -0.3 is 15.4 Å². The van der Waals surface area contributed by atoms with Crippen LogP contribution in [0.3, 0.4) is 0 Å². The second-order valence-electron chi connectivity index (χ2n) is 5.91. The molecule has 1 saturated heterocycles. The first-order valence-corrected chi connectivity index (χ1v) is 8.88. The lowest BCUT2D eigenvalue weighted by atomic mass is 10.2. The van der Waals surface area contributed by atoms with Gasteiger partial charge in [-0.3, -0.25) is 9.89 Å². The van der Waals surface area contributed by atoms with Crippen molar-refractivity contribution in [3.63, 3.8) is 0 Å². The molecule has 0 amide bonds. The Morgan fingerprint density at radius 1 is 1.32 bits per heavy atom. The largest absolute Gasteiger partial charge is 0.379 e. The van der Waals surface area contributed by atoms with E-state index >= 15 is 0 Å². The predicted octanol–water partition coefficient (Wildman–Crippen LogP) is 1.94. The van der Waals surface area contributed by atoms with Gasteiger partial charge in [0, 0.05) is 38.1 Å². The van der Waals surface area contributed by atoms with E-state index in [9.17, 15) is 0 Å². The molecule has 0 aliphatic carbocycles. The van der Waals surface area contributed by atoms with Crippen LogP contribution in [0, 0.1) is 5.92 Å². The van der Waals surface area contributed by atoms with E-state index in [-0.39, 0.29) is 0 Å². The molecule has 6 heteroatoms. The molecule has 1 unspecified atom stereocenters. The van der Waals surface area contributed by atoms with Crippen molar-refractivity contribution < 1.29 is 4.74 Å². The van der Waals surface area contributed by atoms with Crippen molar-refractivity contribution >= 4 is 17.3 Å². The second kappa shape index (κ2) is 9.12. The third kappa shape index (κ3) is 5.26. The maximum Gasteiger partial charge on any atom is 0.191 e. The lowest BCUT2D eigenvalue weighted by Gasteiger charge is -2.34. The molecule has 1 atom stereocenters. The van der Waals surface area contributed by atoms with Crippen molar-refractivity contribution in [3.05, 3.63) is 22.4 Å². The van der Waals surface area contributed by atoms with E-state index in [0.29, 0.717) is 12.0 Å². The van der Waals surface area contributed by atoms with E-state index in [2.05, 4.69) is 51.9 Å². The number of guanidine groups is 1. The van der Waals surface area contributed by atoms with Gasteiger partial charge in [0.2, 0.25) is 0 Å². The molecule has 124 valence electrons. The van der Waals surface area contributed by atoms with Gasteiger partial charge in [0.05, 0.1) is 19.3 Å². The molecule has 0 bridgehead atoms. The van der Waals surface area contributed by atoms with Gasteiger partial charge in [-0.2, -0.15) is 0 Å². The first-order chi connectivity index (χ1) is 10.7. The minimum absolute atomic E-state index is 0.376. The van der Waals surface area contributed by atoms with Gasteiger partial charge in [0.25, 0.3) is 0 Å². The smallest absolute Gasteiger partial charge is 0.191 e. The zero-order valence-corrected chi connectivity index (χ0v) is 14.7. The number of hydrogen-bond donors (Lipinski definition) is 2. The maximum atomic E-state index is 5.48. The fraction of sp³-hybridized carbons (Fsp3) is 0.688. The molecule has 2 heterocycles. The van der Waals surface area contributed by atoms with Crippen LogP contribution in [0.5, 0.6) is 0 Å². The maximum absolute atomic E-state index is 5.48. The molecule has 0 saturated carbocycles. The van der Waals surface area contributed by atoms with Crippen molar-refractivity contribution in [3.8, 4) is 0 Å². The van der Waals surface area contributed by atoms with Crippen LogP contribution in [0.25, 0.3) is 0 Å². The molecular formula is C16H28N4OS. The Morgan fingerprint density at radius 3 is 2.64 bits per heavy atom. The Bertz CT molecular complexity index is 441. The molecule has 22 heavy (non-hydrogen) atoms. The summed E-state index contributed by atoms with van der Waals surface area (Å²) in [7, 11) is 1.82. The van der Waals surface area contributed by atoms with Gasteiger partial charge in [-0.05, 0) is 17.4 Å². The first-order valence-electron chi connectivity index (χ1n) is 8.00. The molecule has 1 aromatic heterocycles. The number of morpholine rings is 1. The topological polar surface area (TPSA) is 48.9 Å². The number of nitrogens with one attached hydrogen (secondary N) is 2. The van der Waals surface area contributed by atoms with Crippen LogP contribution in [-0.2, 0) is 4.74 Å². The van der Waals surface area contributed by atoms with Gasteiger partial charge >= 0.3 is 0 Å². The average molecular weight is 324 g/mol. The molecule has 0 aromatic carbocycles. The standard InChI is InChI=1S/C16H28N4OS/c1-13(2)11-18-16(17-3)19-12-14(15-5-4-10-22-15)20-6-8-21-9-7-20/h4-5,10,13-14H,6-9,11-12H2,1-3H3,(H2,17,18,19). The van der Waals surface area contributed by atoms with Crippen molar-refractivity contribution in [2.45, 2.75) is 19.9 Å². The van der Waals surface area contributed by atoms with Gasteiger partial charge in [-0.15, -0.1) is 11.3 Å². The quantitative estimate of drug-likeness (QED) is 0.620. The number of thiophene rings is 1. The van der Waals surface area contributed by atoms with Crippen molar-refractivity contribution in [2.24, 2.45) is 10.9 Å². The molecule has 2 rings (SSSR count). The fourth-order valence-corrected chi connectivity index (χ4v) is 3.36. The minimum Gasteiger partial charge on any atom is -0.379 e. The third-order valence-corrected chi connectivity index (χ3v) is 4.70. The summed E-state index contributed by atoms with van der Waals surface area (Å²) in [6.45, 7) is 9.80. The number of nitrogens with zero attached hydrogens (tertiary/aromatic N) is 2. The Labute approximate surface area is 137 Å². The Kier molecular flexibility index (Phi) is 7.15. The van der Waals surface area contributed by atoms with Crippen molar-refractivity contribution in [1.29, 1.82) is 0 Å². The number of ether oxygens (including phenoxy) is 1. The normalized spacial score (nSPS) is 18.5. The number of aliphatic imine (C=N–C) groups is 1. The number of rotatable bonds is 6. The van der Waals surface area contributed by atoms with E-state index in [1.165, 1.54) is 4.88 Å². The number of hydrogen-bond acceptors (Lipinski definition) is 4. The SMILES string of the molecule is CN=C(NCC(C)C)NCC(c1cccs1)N1CCOCC1. The van der Waals surface area contributed by atoms with Crippen LogP contribution >= 0.6 is 11.3 Å². The molecule has 0 radical (unpaired) electrons. The van der Waals surface area contributed by atoms with Crippen LogP contribution < -0.4 is 10.6 Å². The summed E-state index contributed by atoms with van der Waals surface area (Å²) in [5.74, 6) is 1.48. The highest BCUT2D eigenvalue weighted by Crippen LogP contribution is 2.25. The van der Waals surface area contributed by atoms with Gasteiger partial charge in [-0.25, -0.2) is 0 Å². The Balaban J connectivity index is 1.94. The summed E-state index contributed by atoms with van der Waals surface area (Å²) in [4.78, 5) is 8.21. The summed E-state index contributed by atoms with van der Waals surface area (Å²) in [5.41, 5.74) is 0. The molecular weight excluding hydrogens is 296 g/mol. The second-order valence-corrected chi connectivity index (χ2v) is 6.89. The van der Waals surface area contributed by atoms with Crippen LogP contribution in [0.2, 0.25) is 0 Å². The van der Waals surface area contributed by atoms with Crippen LogP contribution in [0.4, 0.5) is 0 Å². The van der Waals surface area contributed by atoms with Crippen molar-refractivity contribution in [2.75, 3.05) is 46.4 Å². The minimum atomic E-state index is 0.376. The molecule has 1 fully saturated rings. The highest BCUT2D eigenvalue weighted by atomic mass is 32.1. The van der Waals surface area contributed by atoms with Gasteiger partial charge in [0.1, 0.15) is 0 Å². The van der Waals surface area contributed by atoms with E-state index in [1.54, 1.807) is 0 Å². The molecule has 1 aliphatic heterocycles. The monoisotopic (exact) mass is 324 g/mol. The molecule has 1 aromatic rings. The van der Waals surface area contributed by atoms with Gasteiger partial charge in [0.15, 0.2) is 5.96 Å². The third-order valence-electron chi connectivity index (χ3n) is 3.72. The lowest BCUT2D eigenvalue weighted by molar-refractivity contribution is 0.0177. The van der Waals surface area contributed by atoms with Crippen molar-refractivity contribution in [1.82, 2.24) is 15.5 Å². The van der Waals surface area contributed by atoms with Crippen LogP contribution in [0.15, 0.2) is 22.5 Å². The zero-order valence-electron chi connectivity index (χ0n) is 13.8. The Morgan fingerprint density at radius 2 is 2.05 bits per heavy atom. The van der Waals surface area contributed by atoms with Crippen LogP contribution in [-0.4, -0.2) is 57.3 Å². The lowest BCUT2D eigenvalue weighted by Crippen LogP contribution is -2.46. The molecule has 5 nitrogen and oxygen atoms in total. The summed E-state index contributed by atoms with van der Waals surface area (Å²) in [6, 6.07) is 4.72. The molecule has 0 spiro atoms. The molecule has 2 N–H and O–H groups in total. The summed E-state index contributed by atoms with van der Waals surface area (Å²) >= 11 is 1.82. The first kappa shape index (κ1) is 17.2. The predicted molar refractivity (Wildman–Crippen MR) is 93.7 cm³/mol. The van der Waals surface area contributed by atoms with E-state index < -0.39 is 0 Å². The average Bonchev–Trinajstić information content (AvgIpc) is 3.05. The Hall–Kier alpha value is -1.11. The van der Waals surface area contributed by atoms with Gasteiger partial charge in [-0.1, -0.05) is 19.9 Å². The van der Waals surface area contributed by atoms with Crippen LogP contribution in [0.1, 0.15) is 24.8 Å². The van der Waals surface area contributed by atoms with E-state index in [1.807, 2.05) is 18.4 Å². The van der Waals surface area contributed by atoms with E-state index in [4.69, 9.17) is 4.74 Å². The highest BCUT2D eigenvalue weighted by molar-refractivity contribution is 7.10. The summed E-state index contributed by atoms with van der Waals surface area (Å²) in [5, 5.41) is 8.99. The highest BCUT2D eigenvalue weighted by Gasteiger charge is 2.23. The molecule has 1 aliphatic rings. The van der Waals surface area contributed by atoms with E-state index in [0.717, 1.165) is 45.4 Å². The fourth-order valence-electron chi connectivity index (χ4n) is 2.49. The summed E-state index contributed by atoms with van der Waals surface area (Å²) in [6.07, 6.45) is 0.